The Labute approximate surface area is 374 Å². The third-order valence-electron chi connectivity index (χ3n) is 12.6. The maximum atomic E-state index is 13.2. The van der Waals surface area contributed by atoms with Crippen LogP contribution in [0.15, 0.2) is 12.2 Å². The molecule has 0 radical (unpaired) electrons. The lowest BCUT2D eigenvalue weighted by Crippen LogP contribution is -2.46. The summed E-state index contributed by atoms with van der Waals surface area (Å²) < 4.78 is 5.94. The minimum atomic E-state index is -0.785. The predicted octanol–water partition coefficient (Wildman–Crippen LogP) is 16.1. The van der Waals surface area contributed by atoms with E-state index in [1.165, 1.54) is 193 Å². The van der Waals surface area contributed by atoms with E-state index in [9.17, 15) is 19.8 Å². The van der Waals surface area contributed by atoms with Gasteiger partial charge in [0.25, 0.3) is 0 Å². The van der Waals surface area contributed by atoms with E-state index in [2.05, 4.69) is 38.2 Å². The topological polar surface area (TPSA) is 95.9 Å². The minimum absolute atomic E-state index is 0.0742. The zero-order chi connectivity index (χ0) is 43.8. The van der Waals surface area contributed by atoms with Crippen LogP contribution >= 0.6 is 0 Å². The van der Waals surface area contributed by atoms with Gasteiger partial charge in [-0.3, -0.25) is 9.59 Å². The van der Waals surface area contributed by atoms with Crippen molar-refractivity contribution >= 4 is 11.9 Å². The highest BCUT2D eigenvalue weighted by atomic mass is 16.5. The normalized spacial score (nSPS) is 13.2. The van der Waals surface area contributed by atoms with Crippen molar-refractivity contribution in [1.82, 2.24) is 5.32 Å². The van der Waals surface area contributed by atoms with Crippen molar-refractivity contribution in [2.24, 2.45) is 0 Å². The van der Waals surface area contributed by atoms with Crippen molar-refractivity contribution < 1.29 is 24.5 Å². The molecule has 6 nitrogen and oxygen atoms in total. The fourth-order valence-electron chi connectivity index (χ4n) is 8.49. The van der Waals surface area contributed by atoms with E-state index in [0.29, 0.717) is 19.3 Å². The zero-order valence-corrected chi connectivity index (χ0v) is 40.6. The maximum absolute atomic E-state index is 13.2. The van der Waals surface area contributed by atoms with Crippen LogP contribution in [0.3, 0.4) is 0 Å². The van der Waals surface area contributed by atoms with Crippen LogP contribution in [0.4, 0.5) is 0 Å². The summed E-state index contributed by atoms with van der Waals surface area (Å²) in [4.78, 5) is 26.2. The molecule has 0 aromatic rings. The number of rotatable bonds is 49. The first kappa shape index (κ1) is 58.6. The lowest BCUT2D eigenvalue weighted by molar-refractivity contribution is -0.151. The molecule has 0 aliphatic carbocycles. The lowest BCUT2D eigenvalue weighted by atomic mass is 10.0. The number of hydrogen-bond donors (Lipinski definition) is 3. The Hall–Kier alpha value is -1.40. The number of amides is 1. The predicted molar refractivity (Wildman–Crippen MR) is 260 cm³/mol. The van der Waals surface area contributed by atoms with Crippen LogP contribution in [0, 0.1) is 0 Å². The van der Waals surface area contributed by atoms with Gasteiger partial charge in [-0.15, -0.1) is 0 Å². The molecule has 0 aromatic heterocycles. The average molecular weight is 848 g/mol. The van der Waals surface area contributed by atoms with Crippen LogP contribution in [0.2, 0.25) is 0 Å². The first-order valence-electron chi connectivity index (χ1n) is 26.9. The third kappa shape index (κ3) is 43.3. The number of aliphatic hydroxyl groups is 2. The maximum Gasteiger partial charge on any atom is 0.306 e. The summed E-state index contributed by atoms with van der Waals surface area (Å²) in [5, 5.41) is 23.8. The van der Waals surface area contributed by atoms with Gasteiger partial charge in [0, 0.05) is 6.42 Å². The van der Waals surface area contributed by atoms with Crippen molar-refractivity contribution in [3.05, 3.63) is 12.2 Å². The summed E-state index contributed by atoms with van der Waals surface area (Å²) in [6, 6.07) is -0.699. The number of carbonyl (C=O) groups is 2. The molecule has 3 atom stereocenters. The Kier molecular flexibility index (Phi) is 47.5. The van der Waals surface area contributed by atoms with Crippen LogP contribution in [-0.2, 0) is 14.3 Å². The van der Waals surface area contributed by atoms with Crippen LogP contribution in [0.5, 0.6) is 0 Å². The van der Waals surface area contributed by atoms with Gasteiger partial charge in [0.05, 0.1) is 25.2 Å². The van der Waals surface area contributed by atoms with Crippen molar-refractivity contribution in [1.29, 1.82) is 0 Å². The second-order valence-corrected chi connectivity index (χ2v) is 18.6. The van der Waals surface area contributed by atoms with E-state index in [-0.39, 0.29) is 24.9 Å². The molecule has 0 rings (SSSR count). The lowest BCUT2D eigenvalue weighted by Gasteiger charge is -2.24. The van der Waals surface area contributed by atoms with Crippen LogP contribution < -0.4 is 5.32 Å². The van der Waals surface area contributed by atoms with E-state index >= 15 is 0 Å². The van der Waals surface area contributed by atoms with Crippen molar-refractivity contribution in [2.75, 3.05) is 6.61 Å². The highest BCUT2D eigenvalue weighted by Gasteiger charge is 2.24. The Morgan fingerprint density at radius 2 is 0.800 bits per heavy atom. The standard InChI is InChI=1S/C54H105NO5/c1-4-7-10-13-16-19-22-25-26-27-29-30-33-36-39-42-45-50(60-54(59)47-44-41-38-35-32-28-23-20-17-14-11-8-5-2)48-53(58)55-51(49-56)52(57)46-43-40-37-34-31-24-21-18-15-12-9-6-3/h29-30,50-52,56-57H,4-28,31-49H2,1-3H3,(H,55,58)/b30-29+. The van der Waals surface area contributed by atoms with Gasteiger partial charge < -0.3 is 20.3 Å². The van der Waals surface area contributed by atoms with Gasteiger partial charge in [-0.25, -0.2) is 0 Å². The van der Waals surface area contributed by atoms with Crippen molar-refractivity contribution in [3.63, 3.8) is 0 Å². The van der Waals surface area contributed by atoms with E-state index in [0.717, 1.165) is 57.8 Å². The first-order valence-corrected chi connectivity index (χ1v) is 26.9. The van der Waals surface area contributed by atoms with E-state index in [1.807, 2.05) is 0 Å². The number of hydrogen-bond acceptors (Lipinski definition) is 5. The van der Waals surface area contributed by atoms with E-state index in [4.69, 9.17) is 4.74 Å². The van der Waals surface area contributed by atoms with Gasteiger partial charge in [0.15, 0.2) is 0 Å². The molecule has 356 valence electrons. The molecule has 0 aromatic carbocycles. The Balaban J connectivity index is 4.56. The number of esters is 1. The molecule has 6 heteroatoms. The molecule has 3 N–H and O–H groups in total. The number of ether oxygens (including phenoxy) is 1. The van der Waals surface area contributed by atoms with E-state index in [1.54, 1.807) is 0 Å². The Bertz CT molecular complexity index is 909. The van der Waals surface area contributed by atoms with Crippen LogP contribution in [0.1, 0.15) is 297 Å². The fourth-order valence-corrected chi connectivity index (χ4v) is 8.49. The van der Waals surface area contributed by atoms with Gasteiger partial charge >= 0.3 is 5.97 Å². The summed E-state index contributed by atoms with van der Waals surface area (Å²) in [5.41, 5.74) is 0. The molecule has 1 amide bonds. The van der Waals surface area contributed by atoms with Crippen LogP contribution in [-0.4, -0.2) is 46.9 Å². The van der Waals surface area contributed by atoms with Gasteiger partial charge in [-0.2, -0.15) is 0 Å². The molecular formula is C54H105NO5. The molecule has 0 heterocycles. The molecule has 0 fully saturated rings. The minimum Gasteiger partial charge on any atom is -0.462 e. The average Bonchev–Trinajstić information content (AvgIpc) is 3.24. The number of nitrogens with one attached hydrogen (secondary N) is 1. The molecule has 0 saturated carbocycles. The second-order valence-electron chi connectivity index (χ2n) is 18.6. The quantitative estimate of drug-likeness (QED) is 0.0322. The number of unbranched alkanes of at least 4 members (excludes halogenated alkanes) is 35. The van der Waals surface area contributed by atoms with Gasteiger partial charge in [-0.1, -0.05) is 245 Å². The highest BCUT2D eigenvalue weighted by Crippen LogP contribution is 2.18. The summed E-state index contributed by atoms with van der Waals surface area (Å²) in [7, 11) is 0. The monoisotopic (exact) mass is 848 g/mol. The van der Waals surface area contributed by atoms with Gasteiger partial charge in [-0.05, 0) is 51.4 Å². The molecular weight excluding hydrogens is 743 g/mol. The summed E-state index contributed by atoms with van der Waals surface area (Å²) in [6.07, 6.45) is 54.1. The summed E-state index contributed by atoms with van der Waals surface area (Å²) in [6.45, 7) is 6.50. The zero-order valence-electron chi connectivity index (χ0n) is 40.6. The molecule has 60 heavy (non-hydrogen) atoms. The first-order chi connectivity index (χ1) is 29.5. The Morgan fingerprint density at radius 1 is 0.467 bits per heavy atom. The highest BCUT2D eigenvalue weighted by molar-refractivity contribution is 5.77. The van der Waals surface area contributed by atoms with Gasteiger partial charge in [0.2, 0.25) is 5.91 Å². The number of allylic oxidation sites excluding steroid dienone is 2. The smallest absolute Gasteiger partial charge is 0.306 e. The molecule has 0 bridgehead atoms. The third-order valence-corrected chi connectivity index (χ3v) is 12.6. The number of aliphatic hydroxyl groups excluding tert-OH is 2. The second kappa shape index (κ2) is 48.6. The van der Waals surface area contributed by atoms with E-state index < -0.39 is 18.2 Å². The summed E-state index contributed by atoms with van der Waals surface area (Å²) >= 11 is 0. The summed E-state index contributed by atoms with van der Waals surface area (Å²) in [5.74, 6) is -0.470. The number of carbonyl (C=O) groups excluding carboxylic acids is 2. The van der Waals surface area contributed by atoms with Crippen LogP contribution in [0.25, 0.3) is 0 Å². The largest absolute Gasteiger partial charge is 0.462 e. The van der Waals surface area contributed by atoms with Crippen molar-refractivity contribution in [3.8, 4) is 0 Å². The Morgan fingerprint density at radius 3 is 1.20 bits per heavy atom. The molecule has 0 aliphatic heterocycles. The van der Waals surface area contributed by atoms with Gasteiger partial charge in [0.1, 0.15) is 6.10 Å². The molecule has 0 spiro atoms. The van der Waals surface area contributed by atoms with Crippen molar-refractivity contribution in [2.45, 2.75) is 315 Å². The fraction of sp³-hybridized carbons (Fsp3) is 0.926. The SMILES string of the molecule is CCCCCCCCCCC/C=C/CCCCCC(CC(=O)NC(CO)C(O)CCCCCCCCCCCCCC)OC(=O)CCCCCCCCCCCCCCC. The molecule has 0 aliphatic rings. The molecule has 0 saturated heterocycles. The molecule has 3 unspecified atom stereocenters.